The van der Waals surface area contributed by atoms with Gasteiger partial charge in [0, 0.05) is 5.10 Å². The lowest BCUT2D eigenvalue weighted by Gasteiger charge is -1.92. The van der Waals surface area contributed by atoms with Gasteiger partial charge in [-0.15, -0.1) is 0 Å². The second kappa shape index (κ2) is 4.32. The van der Waals surface area contributed by atoms with Crippen molar-refractivity contribution in [1.29, 1.82) is 0 Å². The number of rotatable bonds is 2. The van der Waals surface area contributed by atoms with Crippen LogP contribution in [0.4, 0.5) is 0 Å². The fourth-order valence-electron chi connectivity index (χ4n) is 1.14. The van der Waals surface area contributed by atoms with Crippen LogP contribution in [0.25, 0.3) is 12.2 Å². The average molecular weight is 199 g/mol. The van der Waals surface area contributed by atoms with E-state index in [1.54, 1.807) is 6.08 Å². The van der Waals surface area contributed by atoms with Crippen molar-refractivity contribution in [3.05, 3.63) is 59.3 Å². The van der Waals surface area contributed by atoms with Crippen molar-refractivity contribution in [2.24, 2.45) is 0 Å². The molecular weight excluding hydrogens is 190 g/mol. The van der Waals surface area contributed by atoms with Gasteiger partial charge >= 0.3 is 0 Å². The zero-order valence-corrected chi connectivity index (χ0v) is 7.95. The Balaban J connectivity index is 2.19. The lowest BCUT2D eigenvalue weighted by molar-refractivity contribution is -0.670. The Morgan fingerprint density at radius 1 is 1.13 bits per heavy atom. The Morgan fingerprint density at radius 2 is 1.93 bits per heavy atom. The molecule has 0 aliphatic rings. The highest BCUT2D eigenvalue weighted by Crippen LogP contribution is 2.02. The number of hydrogen-bond donors (Lipinski definition) is 0. The molecule has 0 saturated heterocycles. The highest BCUT2D eigenvalue weighted by molar-refractivity contribution is 5.65. The van der Waals surface area contributed by atoms with Gasteiger partial charge in [0.05, 0.1) is 6.20 Å². The van der Waals surface area contributed by atoms with E-state index in [1.165, 1.54) is 12.4 Å². The largest absolute Gasteiger partial charge is 0.594 e. The topological polar surface area (TPSA) is 52.7 Å². The molecular formula is C11H9N3O. The molecule has 0 radical (unpaired) electrons. The van der Waals surface area contributed by atoms with Gasteiger partial charge in [-0.2, -0.15) is 0 Å². The van der Waals surface area contributed by atoms with Crippen molar-refractivity contribution in [2.75, 3.05) is 0 Å². The summed E-state index contributed by atoms with van der Waals surface area (Å²) in [5, 5.41) is 14.5. The van der Waals surface area contributed by atoms with Crippen LogP contribution in [0.3, 0.4) is 0 Å². The highest BCUT2D eigenvalue weighted by Gasteiger charge is 1.94. The summed E-state index contributed by atoms with van der Waals surface area (Å²) in [5.41, 5.74) is 1.04. The Labute approximate surface area is 87.1 Å². The van der Waals surface area contributed by atoms with Crippen molar-refractivity contribution in [1.82, 2.24) is 10.1 Å². The van der Waals surface area contributed by atoms with Gasteiger partial charge in [-0.1, -0.05) is 41.3 Å². The molecule has 4 heteroatoms. The fourth-order valence-corrected chi connectivity index (χ4v) is 1.14. The van der Waals surface area contributed by atoms with Crippen molar-refractivity contribution in [2.45, 2.75) is 0 Å². The maximum Gasteiger partial charge on any atom is 0.228 e. The predicted molar refractivity (Wildman–Crippen MR) is 56.4 cm³/mol. The molecule has 0 aliphatic heterocycles. The van der Waals surface area contributed by atoms with Crippen molar-refractivity contribution >= 4 is 12.2 Å². The second-order valence-electron chi connectivity index (χ2n) is 2.93. The van der Waals surface area contributed by atoms with Crippen LogP contribution in [0.2, 0.25) is 0 Å². The van der Waals surface area contributed by atoms with E-state index >= 15 is 0 Å². The molecule has 74 valence electrons. The van der Waals surface area contributed by atoms with Crippen LogP contribution in [-0.2, 0) is 0 Å². The van der Waals surface area contributed by atoms with Crippen molar-refractivity contribution < 1.29 is 4.85 Å². The third-order valence-electron chi connectivity index (χ3n) is 1.83. The van der Waals surface area contributed by atoms with Gasteiger partial charge in [-0.3, -0.25) is 0 Å². The minimum Gasteiger partial charge on any atom is -0.594 e. The van der Waals surface area contributed by atoms with E-state index in [0.29, 0.717) is 10.7 Å². The molecule has 0 bridgehead atoms. The summed E-state index contributed by atoms with van der Waals surface area (Å²) < 4.78 is 0. The molecule has 1 aromatic heterocycles. The molecule has 2 rings (SSSR count). The summed E-state index contributed by atoms with van der Waals surface area (Å²) in [6.07, 6.45) is 6.23. The summed E-state index contributed by atoms with van der Waals surface area (Å²) in [6.45, 7) is 0. The molecule has 0 saturated carbocycles. The van der Waals surface area contributed by atoms with Crippen LogP contribution in [0.15, 0.2) is 42.7 Å². The maximum atomic E-state index is 10.8. The number of aromatic nitrogens is 3. The fraction of sp³-hybridized carbons (Fsp3) is 0. The molecule has 0 fully saturated rings. The number of nitrogens with zero attached hydrogens (tertiary/aromatic N) is 3. The summed E-state index contributed by atoms with van der Waals surface area (Å²) in [7, 11) is 0. The van der Waals surface area contributed by atoms with Gasteiger partial charge in [0.25, 0.3) is 0 Å². The highest BCUT2D eigenvalue weighted by atomic mass is 16.5. The molecule has 0 spiro atoms. The first-order valence-electron chi connectivity index (χ1n) is 4.50. The first-order chi connectivity index (χ1) is 7.34. The normalized spacial score (nSPS) is 10.7. The second-order valence-corrected chi connectivity index (χ2v) is 2.93. The molecule has 1 heterocycles. The summed E-state index contributed by atoms with van der Waals surface area (Å²) in [6, 6.07) is 9.76. The molecule has 0 atom stereocenters. The predicted octanol–water partition coefficient (Wildman–Crippen LogP) is 1.28. The number of hydrogen-bond acceptors (Lipinski definition) is 3. The Morgan fingerprint density at radius 3 is 2.67 bits per heavy atom. The van der Waals surface area contributed by atoms with Gasteiger partial charge < -0.3 is 5.21 Å². The smallest absolute Gasteiger partial charge is 0.228 e. The van der Waals surface area contributed by atoms with Crippen LogP contribution in [0.5, 0.6) is 0 Å². The maximum absolute atomic E-state index is 10.8. The van der Waals surface area contributed by atoms with Crippen LogP contribution in [0, 0.1) is 5.21 Å². The standard InChI is InChI=1S/C11H9N3O/c15-14-9-8-12-11(13-14)7-6-10-4-2-1-3-5-10/h1-9H/b7-6+. The average Bonchev–Trinajstić information content (AvgIpc) is 2.28. The van der Waals surface area contributed by atoms with Crippen LogP contribution in [-0.4, -0.2) is 10.1 Å². The molecule has 0 amide bonds. The molecule has 4 nitrogen and oxygen atoms in total. The van der Waals surface area contributed by atoms with E-state index in [1.807, 2.05) is 36.4 Å². The lowest BCUT2D eigenvalue weighted by atomic mass is 10.2. The molecule has 1 aromatic carbocycles. The van der Waals surface area contributed by atoms with E-state index in [-0.39, 0.29) is 0 Å². The number of benzene rings is 1. The SMILES string of the molecule is [O-][n+]1ccnc(/C=C/c2ccccc2)n1. The van der Waals surface area contributed by atoms with E-state index in [2.05, 4.69) is 10.1 Å². The Hall–Kier alpha value is -2.23. The minimum absolute atomic E-state index is 0.399. The van der Waals surface area contributed by atoms with Crippen LogP contribution < -0.4 is 4.85 Å². The summed E-state index contributed by atoms with van der Waals surface area (Å²) >= 11 is 0. The van der Waals surface area contributed by atoms with E-state index in [4.69, 9.17) is 0 Å². The van der Waals surface area contributed by atoms with E-state index in [9.17, 15) is 5.21 Å². The third-order valence-corrected chi connectivity index (χ3v) is 1.83. The molecule has 2 aromatic rings. The zero-order chi connectivity index (χ0) is 10.5. The minimum atomic E-state index is 0.399. The third kappa shape index (κ3) is 2.60. The quantitative estimate of drug-likeness (QED) is 0.540. The van der Waals surface area contributed by atoms with Gasteiger partial charge in [-0.25, -0.2) is 4.98 Å². The Bertz CT molecular complexity index is 468. The van der Waals surface area contributed by atoms with Gasteiger partial charge in [0.2, 0.25) is 12.0 Å². The van der Waals surface area contributed by atoms with E-state index < -0.39 is 0 Å². The van der Waals surface area contributed by atoms with Gasteiger partial charge in [0.1, 0.15) is 0 Å². The van der Waals surface area contributed by atoms with E-state index in [0.717, 1.165) is 5.56 Å². The van der Waals surface area contributed by atoms with Crippen LogP contribution >= 0.6 is 0 Å². The van der Waals surface area contributed by atoms with Gasteiger partial charge in [0.15, 0.2) is 0 Å². The molecule has 0 aliphatic carbocycles. The lowest BCUT2D eigenvalue weighted by Crippen LogP contribution is -2.31. The monoisotopic (exact) mass is 199 g/mol. The van der Waals surface area contributed by atoms with Gasteiger partial charge in [-0.05, 0) is 11.6 Å². The van der Waals surface area contributed by atoms with Crippen molar-refractivity contribution in [3.8, 4) is 0 Å². The molecule has 0 unspecified atom stereocenters. The molecule has 0 N–H and O–H groups in total. The molecule has 15 heavy (non-hydrogen) atoms. The Kier molecular flexibility index (Phi) is 2.69. The first kappa shape index (κ1) is 9.33. The summed E-state index contributed by atoms with van der Waals surface area (Å²) in [5.74, 6) is 0.399. The van der Waals surface area contributed by atoms with Crippen LogP contribution in [0.1, 0.15) is 11.4 Å². The summed E-state index contributed by atoms with van der Waals surface area (Å²) in [4.78, 5) is 4.42. The first-order valence-corrected chi connectivity index (χ1v) is 4.50. The zero-order valence-electron chi connectivity index (χ0n) is 7.95. The van der Waals surface area contributed by atoms with Crippen molar-refractivity contribution in [3.63, 3.8) is 0 Å².